The lowest BCUT2D eigenvalue weighted by molar-refractivity contribution is -0.119. The molecule has 0 aromatic heterocycles. The highest BCUT2D eigenvalue weighted by Gasteiger charge is 2.08. The second-order valence-corrected chi connectivity index (χ2v) is 12.2. The van der Waals surface area contributed by atoms with Crippen LogP contribution in [0.3, 0.4) is 0 Å². The highest BCUT2D eigenvalue weighted by Crippen LogP contribution is 2.14. The molecular formula is C37H79N3O3. The van der Waals surface area contributed by atoms with E-state index >= 15 is 0 Å². The van der Waals surface area contributed by atoms with Crippen LogP contribution >= 0.6 is 0 Å². The molecule has 0 aromatic carbocycles. The SMILES string of the molecule is CC.CCCCCCCCCCCCC/C=C/[C@@H](O)C(C)CO.NCCCCCCCCCCCCCCC(N)C(N)=O. The van der Waals surface area contributed by atoms with E-state index < -0.39 is 12.1 Å². The Hall–Kier alpha value is -0.950. The Balaban J connectivity index is -0.000000704. The molecule has 8 N–H and O–H groups in total. The molecular weight excluding hydrogens is 534 g/mol. The van der Waals surface area contributed by atoms with Crippen LogP contribution in [0.5, 0.6) is 0 Å². The number of hydrogen-bond donors (Lipinski definition) is 5. The number of primary amides is 1. The molecule has 0 fully saturated rings. The Bertz CT molecular complexity index is 545. The predicted molar refractivity (Wildman–Crippen MR) is 190 cm³/mol. The van der Waals surface area contributed by atoms with Gasteiger partial charge in [-0.25, -0.2) is 0 Å². The third-order valence-corrected chi connectivity index (χ3v) is 8.01. The van der Waals surface area contributed by atoms with E-state index in [2.05, 4.69) is 13.0 Å². The normalized spacial score (nSPS) is 13.1. The van der Waals surface area contributed by atoms with Crippen molar-refractivity contribution in [2.75, 3.05) is 13.2 Å². The van der Waals surface area contributed by atoms with Gasteiger partial charge in [0, 0.05) is 12.5 Å². The fourth-order valence-corrected chi connectivity index (χ4v) is 4.88. The molecule has 0 rings (SSSR count). The van der Waals surface area contributed by atoms with Crippen molar-refractivity contribution < 1.29 is 15.0 Å². The maximum Gasteiger partial charge on any atom is 0.234 e. The quantitative estimate of drug-likeness (QED) is 0.0406. The number of allylic oxidation sites excluding steroid dienone is 1. The lowest BCUT2D eigenvalue weighted by atomic mass is 10.0. The van der Waals surface area contributed by atoms with Gasteiger partial charge in [-0.2, -0.15) is 0 Å². The number of carbonyl (C=O) groups is 1. The van der Waals surface area contributed by atoms with Gasteiger partial charge < -0.3 is 27.4 Å². The number of unbranched alkanes of at least 4 members (excludes halogenated alkanes) is 22. The molecule has 0 aromatic rings. The van der Waals surface area contributed by atoms with Crippen LogP contribution in [0.15, 0.2) is 12.2 Å². The summed E-state index contributed by atoms with van der Waals surface area (Å²) in [6, 6.07) is -0.450. The maximum absolute atomic E-state index is 10.7. The number of hydrogen-bond acceptors (Lipinski definition) is 5. The van der Waals surface area contributed by atoms with E-state index in [1.165, 1.54) is 141 Å². The predicted octanol–water partition coefficient (Wildman–Crippen LogP) is 9.09. The van der Waals surface area contributed by atoms with E-state index in [1.807, 2.05) is 26.8 Å². The first-order chi connectivity index (χ1) is 20.9. The zero-order chi connectivity index (χ0) is 32.8. The summed E-state index contributed by atoms with van der Waals surface area (Å²) in [6.45, 7) is 9.01. The number of carbonyl (C=O) groups excluding carboxylic acids is 1. The third kappa shape index (κ3) is 41.1. The average molecular weight is 614 g/mol. The van der Waals surface area contributed by atoms with Gasteiger partial charge in [0.1, 0.15) is 0 Å². The maximum atomic E-state index is 10.7. The van der Waals surface area contributed by atoms with E-state index in [9.17, 15) is 9.90 Å². The summed E-state index contributed by atoms with van der Waals surface area (Å²) in [7, 11) is 0. The second kappa shape index (κ2) is 41.0. The first kappa shape index (κ1) is 46.5. The van der Waals surface area contributed by atoms with E-state index in [0.29, 0.717) is 0 Å². The topological polar surface area (TPSA) is 136 Å². The van der Waals surface area contributed by atoms with Gasteiger partial charge in [-0.05, 0) is 32.2 Å². The summed E-state index contributed by atoms with van der Waals surface area (Å²) in [5.74, 6) is -0.435. The summed E-state index contributed by atoms with van der Waals surface area (Å²) in [5, 5.41) is 18.6. The van der Waals surface area contributed by atoms with Gasteiger partial charge in [0.2, 0.25) is 5.91 Å². The Labute approximate surface area is 269 Å². The van der Waals surface area contributed by atoms with Crippen LogP contribution in [0.1, 0.15) is 188 Å². The van der Waals surface area contributed by atoms with Crippen LogP contribution in [0.2, 0.25) is 0 Å². The second-order valence-electron chi connectivity index (χ2n) is 12.2. The monoisotopic (exact) mass is 614 g/mol. The van der Waals surface area contributed by atoms with Crippen molar-refractivity contribution in [2.45, 2.75) is 200 Å². The lowest BCUT2D eigenvalue weighted by Crippen LogP contribution is -2.36. The molecule has 0 aliphatic carbocycles. The Kier molecular flexibility index (Phi) is 44.4. The van der Waals surface area contributed by atoms with Gasteiger partial charge in [-0.1, -0.05) is 175 Å². The first-order valence-corrected chi connectivity index (χ1v) is 18.6. The van der Waals surface area contributed by atoms with E-state index in [4.69, 9.17) is 22.3 Å². The summed E-state index contributed by atoms with van der Waals surface area (Å²) in [5.41, 5.74) is 16.1. The van der Waals surface area contributed by atoms with Crippen LogP contribution in [-0.4, -0.2) is 41.4 Å². The van der Waals surface area contributed by atoms with Gasteiger partial charge >= 0.3 is 0 Å². The zero-order valence-electron chi connectivity index (χ0n) is 29.5. The van der Waals surface area contributed by atoms with E-state index in [0.717, 1.165) is 25.8 Å². The number of aliphatic hydroxyl groups excluding tert-OH is 2. The van der Waals surface area contributed by atoms with Crippen LogP contribution in [0.25, 0.3) is 0 Å². The zero-order valence-corrected chi connectivity index (χ0v) is 29.5. The average Bonchev–Trinajstić information content (AvgIpc) is 3.02. The molecule has 6 heteroatoms. The van der Waals surface area contributed by atoms with Gasteiger partial charge in [-0.3, -0.25) is 4.79 Å². The van der Waals surface area contributed by atoms with Crippen LogP contribution in [0.4, 0.5) is 0 Å². The number of aliphatic hydroxyl groups is 2. The van der Waals surface area contributed by atoms with Gasteiger partial charge in [-0.15, -0.1) is 0 Å². The van der Waals surface area contributed by atoms with Crippen molar-refractivity contribution in [1.82, 2.24) is 0 Å². The van der Waals surface area contributed by atoms with Gasteiger partial charge in [0.15, 0.2) is 0 Å². The smallest absolute Gasteiger partial charge is 0.234 e. The molecule has 1 amide bonds. The molecule has 6 nitrogen and oxygen atoms in total. The Morgan fingerprint density at radius 1 is 0.674 bits per heavy atom. The highest BCUT2D eigenvalue weighted by atomic mass is 16.3. The number of nitrogens with two attached hydrogens (primary N) is 3. The van der Waals surface area contributed by atoms with Crippen molar-refractivity contribution in [3.63, 3.8) is 0 Å². The number of amides is 1. The summed E-state index contributed by atoms with van der Waals surface area (Å²) in [4.78, 5) is 10.7. The summed E-state index contributed by atoms with van der Waals surface area (Å²) >= 11 is 0. The largest absolute Gasteiger partial charge is 0.396 e. The third-order valence-electron chi connectivity index (χ3n) is 8.01. The molecule has 0 spiro atoms. The highest BCUT2D eigenvalue weighted by molar-refractivity contribution is 5.79. The molecule has 0 radical (unpaired) electrons. The summed E-state index contributed by atoms with van der Waals surface area (Å²) in [6.07, 6.45) is 35.6. The van der Waals surface area contributed by atoms with E-state index in [-0.39, 0.29) is 18.4 Å². The number of rotatable bonds is 30. The molecule has 0 aliphatic heterocycles. The molecule has 0 saturated carbocycles. The Morgan fingerprint density at radius 2 is 1.05 bits per heavy atom. The van der Waals surface area contributed by atoms with Crippen molar-refractivity contribution in [3.8, 4) is 0 Å². The van der Waals surface area contributed by atoms with Crippen LogP contribution in [-0.2, 0) is 4.79 Å². The molecule has 43 heavy (non-hydrogen) atoms. The molecule has 0 saturated heterocycles. The first-order valence-electron chi connectivity index (χ1n) is 18.6. The standard InChI is InChI=1S/C19H38O2.C16H35N3O.C2H6/c1-3-4-5-6-7-8-9-10-11-12-13-14-15-16-19(21)18(2)17-20;17-14-12-10-8-6-4-2-1-3-5-7-9-11-13-15(18)16(19)20;1-2/h15-16,18-21H,3-14,17H2,1-2H3;15H,1-14,17-18H2,(H2,19,20);1-2H3/b16-15+;;/t18?,19-;;/m1../s1. The molecule has 0 heterocycles. The lowest BCUT2D eigenvalue weighted by Gasteiger charge is -2.11. The minimum atomic E-state index is -0.497. The van der Waals surface area contributed by atoms with E-state index in [1.54, 1.807) is 0 Å². The van der Waals surface area contributed by atoms with Gasteiger partial charge in [0.05, 0.1) is 12.1 Å². The summed E-state index contributed by atoms with van der Waals surface area (Å²) < 4.78 is 0. The van der Waals surface area contributed by atoms with Crippen molar-refractivity contribution in [2.24, 2.45) is 23.1 Å². The van der Waals surface area contributed by atoms with Crippen molar-refractivity contribution in [1.29, 1.82) is 0 Å². The van der Waals surface area contributed by atoms with Crippen molar-refractivity contribution in [3.05, 3.63) is 12.2 Å². The molecule has 3 atom stereocenters. The molecule has 0 aliphatic rings. The minimum absolute atomic E-state index is 0.0456. The Morgan fingerprint density at radius 3 is 1.42 bits per heavy atom. The fourth-order valence-electron chi connectivity index (χ4n) is 4.88. The van der Waals surface area contributed by atoms with Crippen LogP contribution < -0.4 is 17.2 Å². The molecule has 0 bridgehead atoms. The van der Waals surface area contributed by atoms with Gasteiger partial charge in [0.25, 0.3) is 0 Å². The fraction of sp³-hybridized carbons (Fsp3) is 0.919. The molecule has 2 unspecified atom stereocenters. The van der Waals surface area contributed by atoms with Crippen molar-refractivity contribution >= 4 is 5.91 Å². The minimum Gasteiger partial charge on any atom is -0.396 e. The molecule has 260 valence electrons. The van der Waals surface area contributed by atoms with Crippen LogP contribution in [0, 0.1) is 5.92 Å².